The van der Waals surface area contributed by atoms with Gasteiger partial charge in [-0.25, -0.2) is 0 Å². The molecular weight excluding hydrogens is 466 g/mol. The number of ether oxygens (including phenoxy) is 1. The smallest absolute Gasteiger partial charge is 0.308 e. The van der Waals surface area contributed by atoms with Crippen LogP contribution in [-0.4, -0.2) is 39.8 Å². The summed E-state index contributed by atoms with van der Waals surface area (Å²) in [5.74, 6) is -0.731. The number of nitrogens with one attached hydrogen (secondary N) is 2. The van der Waals surface area contributed by atoms with Crippen LogP contribution in [0.15, 0.2) is 48.5 Å². The fraction of sp³-hybridized carbons (Fsp3) is 0.370. The van der Waals surface area contributed by atoms with E-state index in [0.717, 1.165) is 27.7 Å². The van der Waals surface area contributed by atoms with Crippen LogP contribution >= 0.6 is 11.6 Å². The summed E-state index contributed by atoms with van der Waals surface area (Å²) in [5.41, 5.74) is 3.75. The Balaban J connectivity index is 1.41. The van der Waals surface area contributed by atoms with Crippen molar-refractivity contribution in [3.8, 4) is 0 Å². The number of piperazine rings is 1. The molecule has 3 heterocycles. The first-order valence-corrected chi connectivity index (χ1v) is 12.3. The first-order chi connectivity index (χ1) is 16.8. The number of carbonyl (C=O) groups excluding carboxylic acids is 3. The SMILES string of the molecule is CC(C)C[C@H]1c2[nH]c3cc(Cl)ccc3c2C[C@H]2C(=O)N[C@@H](CC(=O)OCc3ccccc3)C(=O)N21. The lowest BCUT2D eigenvalue weighted by Crippen LogP contribution is -2.66. The van der Waals surface area contributed by atoms with Crippen molar-refractivity contribution in [2.75, 3.05) is 0 Å². The minimum atomic E-state index is -0.947. The van der Waals surface area contributed by atoms with E-state index in [0.29, 0.717) is 17.9 Å². The molecule has 0 unspecified atom stereocenters. The monoisotopic (exact) mass is 493 g/mol. The molecule has 1 saturated heterocycles. The lowest BCUT2D eigenvalue weighted by atomic mass is 9.85. The quantitative estimate of drug-likeness (QED) is 0.501. The summed E-state index contributed by atoms with van der Waals surface area (Å²) in [6.45, 7) is 4.31. The van der Waals surface area contributed by atoms with Crippen LogP contribution in [0, 0.1) is 5.92 Å². The molecule has 2 aromatic carbocycles. The first kappa shape index (κ1) is 23.4. The van der Waals surface area contributed by atoms with Gasteiger partial charge in [-0.1, -0.05) is 61.8 Å². The van der Waals surface area contributed by atoms with Gasteiger partial charge in [0.25, 0.3) is 0 Å². The zero-order valence-corrected chi connectivity index (χ0v) is 20.5. The Morgan fingerprint density at radius 2 is 1.94 bits per heavy atom. The van der Waals surface area contributed by atoms with E-state index >= 15 is 0 Å². The summed E-state index contributed by atoms with van der Waals surface area (Å²) in [4.78, 5) is 44.6. The van der Waals surface area contributed by atoms with Crippen molar-refractivity contribution in [2.24, 2.45) is 5.92 Å². The second-order valence-electron chi connectivity index (χ2n) is 9.73. The number of aromatic amines is 1. The molecule has 1 fully saturated rings. The average molecular weight is 494 g/mol. The van der Waals surface area contributed by atoms with Gasteiger partial charge in [0, 0.05) is 28.0 Å². The number of rotatable bonds is 6. The minimum absolute atomic E-state index is 0.123. The molecule has 2 aliphatic rings. The van der Waals surface area contributed by atoms with Crippen LogP contribution in [0.1, 0.15) is 49.6 Å². The predicted molar refractivity (Wildman–Crippen MR) is 133 cm³/mol. The molecule has 5 rings (SSSR count). The fourth-order valence-electron chi connectivity index (χ4n) is 5.22. The Morgan fingerprint density at radius 3 is 2.69 bits per heavy atom. The van der Waals surface area contributed by atoms with Crippen molar-refractivity contribution in [3.05, 3.63) is 70.4 Å². The van der Waals surface area contributed by atoms with Crippen LogP contribution in [0.25, 0.3) is 10.9 Å². The molecule has 2 N–H and O–H groups in total. The second-order valence-corrected chi connectivity index (χ2v) is 10.2. The standard InChI is InChI=1S/C27H28ClN3O4/c1-15(2)10-22-25-19(18-9-8-17(28)11-20(18)29-25)12-23-26(33)30-21(27(34)31(22)23)13-24(32)35-14-16-6-4-3-5-7-16/h3-9,11,15,21-23,29H,10,12-14H2,1-2H3,(H,30,33)/t21-,22-,23-/m0/s1. The van der Waals surface area contributed by atoms with Gasteiger partial charge in [-0.15, -0.1) is 0 Å². The normalized spacial score (nSPS) is 21.6. The molecule has 3 aromatic rings. The molecule has 35 heavy (non-hydrogen) atoms. The topological polar surface area (TPSA) is 91.5 Å². The van der Waals surface area contributed by atoms with Gasteiger partial charge < -0.3 is 19.9 Å². The largest absolute Gasteiger partial charge is 0.461 e. The highest BCUT2D eigenvalue weighted by atomic mass is 35.5. The maximum absolute atomic E-state index is 13.7. The summed E-state index contributed by atoms with van der Waals surface area (Å²) in [5, 5.41) is 4.43. The molecule has 0 bridgehead atoms. The molecular formula is C27H28ClN3O4. The van der Waals surface area contributed by atoms with Crippen LogP contribution in [0.2, 0.25) is 5.02 Å². The van der Waals surface area contributed by atoms with Crippen molar-refractivity contribution in [3.63, 3.8) is 0 Å². The lowest BCUT2D eigenvalue weighted by Gasteiger charge is -2.46. The number of H-pyrrole nitrogens is 1. The minimum Gasteiger partial charge on any atom is -0.461 e. The summed E-state index contributed by atoms with van der Waals surface area (Å²) >= 11 is 6.21. The Kier molecular flexibility index (Phi) is 6.28. The van der Waals surface area contributed by atoms with E-state index in [9.17, 15) is 14.4 Å². The van der Waals surface area contributed by atoms with Gasteiger partial charge in [0.05, 0.1) is 12.5 Å². The van der Waals surface area contributed by atoms with Gasteiger partial charge in [0.1, 0.15) is 18.7 Å². The zero-order chi connectivity index (χ0) is 24.7. The highest BCUT2D eigenvalue weighted by Crippen LogP contribution is 2.42. The Bertz CT molecular complexity index is 1290. The second kappa shape index (κ2) is 9.38. The van der Waals surface area contributed by atoms with Crippen molar-refractivity contribution in [1.82, 2.24) is 15.2 Å². The van der Waals surface area contributed by atoms with Gasteiger partial charge in [-0.05, 0) is 35.6 Å². The van der Waals surface area contributed by atoms with Crippen molar-refractivity contribution < 1.29 is 19.1 Å². The van der Waals surface area contributed by atoms with Crippen molar-refractivity contribution in [1.29, 1.82) is 0 Å². The van der Waals surface area contributed by atoms with Crippen LogP contribution in [0.4, 0.5) is 0 Å². The van der Waals surface area contributed by atoms with Crippen LogP contribution in [-0.2, 0) is 32.1 Å². The summed E-state index contributed by atoms with van der Waals surface area (Å²) in [7, 11) is 0. The molecule has 2 aliphatic heterocycles. The number of benzene rings is 2. The fourth-order valence-corrected chi connectivity index (χ4v) is 5.39. The molecule has 0 saturated carbocycles. The number of aromatic nitrogens is 1. The highest BCUT2D eigenvalue weighted by molar-refractivity contribution is 6.31. The van der Waals surface area contributed by atoms with Gasteiger partial charge >= 0.3 is 5.97 Å². The Morgan fingerprint density at radius 1 is 1.17 bits per heavy atom. The van der Waals surface area contributed by atoms with Gasteiger partial charge in [0.2, 0.25) is 11.8 Å². The molecule has 7 nitrogen and oxygen atoms in total. The van der Waals surface area contributed by atoms with Gasteiger partial charge in [0.15, 0.2) is 0 Å². The van der Waals surface area contributed by atoms with E-state index in [2.05, 4.69) is 24.1 Å². The number of esters is 1. The van der Waals surface area contributed by atoms with Crippen molar-refractivity contribution >= 4 is 40.3 Å². The van der Waals surface area contributed by atoms with E-state index in [4.69, 9.17) is 16.3 Å². The average Bonchev–Trinajstić information content (AvgIpc) is 3.19. The van der Waals surface area contributed by atoms with Crippen LogP contribution < -0.4 is 5.32 Å². The molecule has 0 aliphatic carbocycles. The molecule has 0 radical (unpaired) electrons. The first-order valence-electron chi connectivity index (χ1n) is 11.9. The molecule has 2 amide bonds. The third kappa shape index (κ3) is 4.52. The number of nitrogens with zero attached hydrogens (tertiary/aromatic N) is 1. The number of halogens is 1. The van der Waals surface area contributed by atoms with Gasteiger partial charge in [-0.3, -0.25) is 14.4 Å². The van der Waals surface area contributed by atoms with E-state index in [-0.39, 0.29) is 36.8 Å². The van der Waals surface area contributed by atoms with Crippen LogP contribution in [0.5, 0.6) is 0 Å². The molecule has 3 atom stereocenters. The lowest BCUT2D eigenvalue weighted by molar-refractivity contribution is -0.157. The van der Waals surface area contributed by atoms with Crippen LogP contribution in [0.3, 0.4) is 0 Å². The zero-order valence-electron chi connectivity index (χ0n) is 19.7. The van der Waals surface area contributed by atoms with E-state index in [1.807, 2.05) is 48.5 Å². The number of amides is 2. The van der Waals surface area contributed by atoms with Gasteiger partial charge in [-0.2, -0.15) is 0 Å². The number of fused-ring (bicyclic) bond motifs is 4. The molecule has 1 aromatic heterocycles. The predicted octanol–water partition coefficient (Wildman–Crippen LogP) is 4.29. The third-order valence-corrected chi connectivity index (χ3v) is 7.02. The molecule has 182 valence electrons. The number of hydrogen-bond donors (Lipinski definition) is 2. The van der Waals surface area contributed by atoms with E-state index in [1.165, 1.54) is 0 Å². The van der Waals surface area contributed by atoms with E-state index in [1.54, 1.807) is 4.90 Å². The highest BCUT2D eigenvalue weighted by Gasteiger charge is 2.49. The summed E-state index contributed by atoms with van der Waals surface area (Å²) in [6, 6.07) is 13.1. The summed E-state index contributed by atoms with van der Waals surface area (Å²) in [6.07, 6.45) is 0.896. The Labute approximate surface area is 208 Å². The molecule has 0 spiro atoms. The Hall–Kier alpha value is -3.32. The molecule has 8 heteroatoms. The number of carbonyl (C=O) groups is 3. The van der Waals surface area contributed by atoms with Crippen molar-refractivity contribution in [2.45, 2.75) is 57.8 Å². The maximum Gasteiger partial charge on any atom is 0.308 e. The van der Waals surface area contributed by atoms with E-state index < -0.39 is 18.1 Å². The summed E-state index contributed by atoms with van der Waals surface area (Å²) < 4.78 is 5.37. The third-order valence-electron chi connectivity index (χ3n) is 6.78. The number of hydrogen-bond acceptors (Lipinski definition) is 4. The maximum atomic E-state index is 13.7.